The van der Waals surface area contributed by atoms with Crippen LogP contribution >= 0.6 is 24.8 Å². The van der Waals surface area contributed by atoms with E-state index in [-0.39, 0.29) is 37.3 Å². The highest BCUT2D eigenvalue weighted by atomic mass is 35.5. The molecular formula is C14H27Cl2F3N4O. The maximum atomic E-state index is 13.3. The first-order valence-electron chi connectivity index (χ1n) is 7.89. The molecule has 24 heavy (non-hydrogen) atoms. The lowest BCUT2D eigenvalue weighted by Crippen LogP contribution is -2.58. The van der Waals surface area contributed by atoms with Crippen molar-refractivity contribution >= 4 is 30.7 Å². The van der Waals surface area contributed by atoms with Gasteiger partial charge in [0.2, 0.25) is 5.91 Å². The van der Waals surface area contributed by atoms with E-state index < -0.39 is 24.2 Å². The summed E-state index contributed by atoms with van der Waals surface area (Å²) in [6.45, 7) is 1.54. The largest absolute Gasteiger partial charge is 0.405 e. The predicted molar refractivity (Wildman–Crippen MR) is 91.7 cm³/mol. The lowest BCUT2D eigenvalue weighted by Gasteiger charge is -2.36. The van der Waals surface area contributed by atoms with Crippen LogP contribution in [-0.4, -0.2) is 62.3 Å². The Morgan fingerprint density at radius 2 is 1.75 bits per heavy atom. The van der Waals surface area contributed by atoms with Crippen LogP contribution in [0.2, 0.25) is 0 Å². The van der Waals surface area contributed by atoms with Crippen molar-refractivity contribution in [2.75, 3.05) is 39.3 Å². The van der Waals surface area contributed by atoms with E-state index in [1.54, 1.807) is 0 Å². The van der Waals surface area contributed by atoms with Gasteiger partial charge < -0.3 is 16.4 Å². The van der Waals surface area contributed by atoms with E-state index in [1.165, 1.54) is 4.90 Å². The Balaban J connectivity index is 0.00000264. The molecule has 1 saturated carbocycles. The average molecular weight is 395 g/mol. The number of carbonyl (C=O) groups excluding carboxylic acids is 1. The number of carbonyl (C=O) groups is 1. The number of piperazine rings is 1. The lowest BCUT2D eigenvalue weighted by atomic mass is 9.85. The highest BCUT2D eigenvalue weighted by Crippen LogP contribution is 2.37. The van der Waals surface area contributed by atoms with Crippen LogP contribution in [-0.2, 0) is 4.79 Å². The Hall–Kier alpha value is -0.280. The topological polar surface area (TPSA) is 70.4 Å². The fraction of sp³-hybridized carbons (Fsp3) is 0.929. The van der Waals surface area contributed by atoms with E-state index in [0.717, 1.165) is 12.8 Å². The second-order valence-corrected chi connectivity index (χ2v) is 6.24. The van der Waals surface area contributed by atoms with Gasteiger partial charge in [-0.05, 0) is 12.8 Å². The van der Waals surface area contributed by atoms with Crippen molar-refractivity contribution < 1.29 is 18.0 Å². The number of nitrogens with two attached hydrogens (primary N) is 1. The van der Waals surface area contributed by atoms with Gasteiger partial charge in [-0.15, -0.1) is 24.8 Å². The van der Waals surface area contributed by atoms with Gasteiger partial charge in [0.15, 0.2) is 0 Å². The van der Waals surface area contributed by atoms with Crippen LogP contribution in [0.25, 0.3) is 0 Å². The summed E-state index contributed by atoms with van der Waals surface area (Å²) in [6.07, 6.45) is -1.20. The molecule has 10 heteroatoms. The van der Waals surface area contributed by atoms with E-state index in [1.807, 2.05) is 0 Å². The van der Waals surface area contributed by atoms with Gasteiger partial charge in [-0.3, -0.25) is 9.69 Å². The van der Waals surface area contributed by atoms with Gasteiger partial charge in [-0.25, -0.2) is 0 Å². The van der Waals surface area contributed by atoms with Gasteiger partial charge in [-0.2, -0.15) is 13.2 Å². The van der Waals surface area contributed by atoms with Gasteiger partial charge >= 0.3 is 6.18 Å². The number of amides is 1. The van der Waals surface area contributed by atoms with E-state index >= 15 is 0 Å². The van der Waals surface area contributed by atoms with Crippen molar-refractivity contribution in [3.63, 3.8) is 0 Å². The minimum atomic E-state index is -4.35. The fourth-order valence-electron chi connectivity index (χ4n) is 3.40. The molecule has 0 radical (unpaired) electrons. The van der Waals surface area contributed by atoms with Gasteiger partial charge in [0.1, 0.15) is 6.04 Å². The number of rotatable bonds is 5. The maximum absolute atomic E-state index is 13.3. The standard InChI is InChI=1S/C14H25F3N4O.2ClH/c15-14(16,17)11(21-7-5-19-6-8-21)9-20-12(22)13(10-18)3-1-2-4-13;;/h11,19H,1-10,18H2,(H,20,22);2*1H. The molecule has 1 unspecified atom stereocenters. The lowest BCUT2D eigenvalue weighted by molar-refractivity contribution is -0.184. The fourth-order valence-corrected chi connectivity index (χ4v) is 3.40. The van der Waals surface area contributed by atoms with Gasteiger partial charge in [0.05, 0.1) is 5.41 Å². The zero-order valence-electron chi connectivity index (χ0n) is 13.5. The summed E-state index contributed by atoms with van der Waals surface area (Å²) in [5, 5.41) is 5.55. The van der Waals surface area contributed by atoms with E-state index in [0.29, 0.717) is 39.0 Å². The molecule has 0 aromatic rings. The second-order valence-electron chi connectivity index (χ2n) is 6.24. The molecule has 2 aliphatic rings. The summed E-state index contributed by atoms with van der Waals surface area (Å²) in [6, 6.07) is -1.63. The summed E-state index contributed by atoms with van der Waals surface area (Å²) in [4.78, 5) is 13.7. The third-order valence-electron chi connectivity index (χ3n) is 4.86. The Morgan fingerprint density at radius 3 is 2.21 bits per heavy atom. The Labute approximate surface area is 153 Å². The minimum absolute atomic E-state index is 0. The smallest absolute Gasteiger partial charge is 0.354 e. The molecule has 144 valence electrons. The van der Waals surface area contributed by atoms with Crippen molar-refractivity contribution in [1.82, 2.24) is 15.5 Å². The number of nitrogens with one attached hydrogen (secondary N) is 2. The third-order valence-corrected chi connectivity index (χ3v) is 4.86. The quantitative estimate of drug-likeness (QED) is 0.657. The summed E-state index contributed by atoms with van der Waals surface area (Å²) in [5.74, 6) is -0.322. The average Bonchev–Trinajstić information content (AvgIpc) is 2.97. The third kappa shape index (κ3) is 5.62. The molecule has 1 saturated heterocycles. The molecule has 4 N–H and O–H groups in total. The van der Waals surface area contributed by atoms with Crippen molar-refractivity contribution in [2.24, 2.45) is 11.1 Å². The molecular weight excluding hydrogens is 368 g/mol. The zero-order valence-corrected chi connectivity index (χ0v) is 15.2. The molecule has 0 bridgehead atoms. The van der Waals surface area contributed by atoms with Crippen LogP contribution in [0.4, 0.5) is 13.2 Å². The SMILES string of the molecule is Cl.Cl.NCC1(C(=O)NCC(N2CCNCC2)C(F)(F)F)CCCC1. The molecule has 0 spiro atoms. The maximum Gasteiger partial charge on any atom is 0.405 e. The number of halogens is 5. The number of hydrogen-bond acceptors (Lipinski definition) is 4. The van der Waals surface area contributed by atoms with Gasteiger partial charge in [0, 0.05) is 39.3 Å². The van der Waals surface area contributed by atoms with E-state index in [2.05, 4.69) is 10.6 Å². The molecule has 5 nitrogen and oxygen atoms in total. The molecule has 0 aromatic carbocycles. The van der Waals surface area contributed by atoms with Crippen molar-refractivity contribution in [2.45, 2.75) is 37.9 Å². The Morgan fingerprint density at radius 1 is 1.21 bits per heavy atom. The van der Waals surface area contributed by atoms with Crippen LogP contribution in [0.15, 0.2) is 0 Å². The Bertz CT molecular complexity index is 387. The summed E-state index contributed by atoms with van der Waals surface area (Å²) in [5.41, 5.74) is 5.04. The highest BCUT2D eigenvalue weighted by molar-refractivity contribution is 5.85. The van der Waals surface area contributed by atoms with Crippen molar-refractivity contribution in [1.29, 1.82) is 0 Å². The van der Waals surface area contributed by atoms with Gasteiger partial charge in [-0.1, -0.05) is 12.8 Å². The number of nitrogens with zero attached hydrogens (tertiary/aromatic N) is 1. The number of alkyl halides is 3. The van der Waals surface area contributed by atoms with Crippen molar-refractivity contribution in [3.05, 3.63) is 0 Å². The number of hydrogen-bond donors (Lipinski definition) is 3. The molecule has 1 aliphatic heterocycles. The van der Waals surface area contributed by atoms with E-state index in [4.69, 9.17) is 5.73 Å². The highest BCUT2D eigenvalue weighted by Gasteiger charge is 2.45. The van der Waals surface area contributed by atoms with Crippen LogP contribution < -0.4 is 16.4 Å². The second kappa shape index (κ2) is 10.0. The first-order valence-corrected chi connectivity index (χ1v) is 7.89. The molecule has 1 atom stereocenters. The summed E-state index contributed by atoms with van der Waals surface area (Å²) in [7, 11) is 0. The molecule has 1 aliphatic carbocycles. The summed E-state index contributed by atoms with van der Waals surface area (Å²) >= 11 is 0. The van der Waals surface area contributed by atoms with Crippen LogP contribution in [0.5, 0.6) is 0 Å². The predicted octanol–water partition coefficient (Wildman–Crippen LogP) is 1.30. The Kier molecular flexibility index (Phi) is 9.89. The zero-order chi connectivity index (χ0) is 16.2. The van der Waals surface area contributed by atoms with Crippen molar-refractivity contribution in [3.8, 4) is 0 Å². The monoisotopic (exact) mass is 394 g/mol. The van der Waals surface area contributed by atoms with Crippen LogP contribution in [0, 0.1) is 5.41 Å². The molecule has 0 aromatic heterocycles. The first-order chi connectivity index (χ1) is 10.4. The van der Waals surface area contributed by atoms with E-state index in [9.17, 15) is 18.0 Å². The summed E-state index contributed by atoms with van der Waals surface area (Å²) < 4.78 is 39.8. The minimum Gasteiger partial charge on any atom is -0.354 e. The molecule has 2 rings (SSSR count). The molecule has 2 fully saturated rings. The molecule has 1 heterocycles. The molecule has 1 amide bonds. The van der Waals surface area contributed by atoms with Gasteiger partial charge in [0.25, 0.3) is 0 Å². The van der Waals surface area contributed by atoms with Crippen LogP contribution in [0.1, 0.15) is 25.7 Å². The van der Waals surface area contributed by atoms with Crippen LogP contribution in [0.3, 0.4) is 0 Å². The normalized spacial score (nSPS) is 22.2. The first kappa shape index (κ1) is 23.7.